The molecule has 2 rings (SSSR count). The van der Waals surface area contributed by atoms with E-state index in [1.807, 2.05) is 13.8 Å². The number of carbonyl (C=O) groups excluding carboxylic acids is 1. The van der Waals surface area contributed by atoms with Crippen molar-refractivity contribution in [3.63, 3.8) is 0 Å². The molecular formula is C19H28N2O5. The van der Waals surface area contributed by atoms with Crippen LogP contribution in [0.25, 0.3) is 0 Å². The lowest BCUT2D eigenvalue weighted by Crippen LogP contribution is -2.42. The van der Waals surface area contributed by atoms with Crippen LogP contribution >= 0.6 is 0 Å². The summed E-state index contributed by atoms with van der Waals surface area (Å²) in [6.45, 7) is 9.18. The monoisotopic (exact) mass is 364 g/mol. The Balaban J connectivity index is 0.000000487. The maximum atomic E-state index is 12.0. The standard InChI is InChI=1S/C17H26N2O.C2H2O4/c1-13(2)18-17(20)16-8-10-19(11-9-16)12-15-6-4-14(3)5-7-15;3-1(4)2(5)6/h4-7,13,16H,8-12H2,1-3H3,(H,18,20);(H,3,4)(H,5,6). The van der Waals surface area contributed by atoms with E-state index in [-0.39, 0.29) is 17.9 Å². The summed E-state index contributed by atoms with van der Waals surface area (Å²) >= 11 is 0. The fraction of sp³-hybridized carbons (Fsp3) is 0.526. The van der Waals surface area contributed by atoms with Gasteiger partial charge in [-0.1, -0.05) is 29.8 Å². The van der Waals surface area contributed by atoms with E-state index in [0.717, 1.165) is 32.5 Å². The maximum absolute atomic E-state index is 12.0. The average Bonchev–Trinajstić information content (AvgIpc) is 2.57. The number of carboxylic acid groups (broad SMARTS) is 2. The van der Waals surface area contributed by atoms with Gasteiger partial charge in [-0.15, -0.1) is 0 Å². The highest BCUT2D eigenvalue weighted by Gasteiger charge is 2.25. The van der Waals surface area contributed by atoms with E-state index >= 15 is 0 Å². The average molecular weight is 364 g/mol. The molecule has 0 bridgehead atoms. The first-order valence-electron chi connectivity index (χ1n) is 8.73. The highest BCUT2D eigenvalue weighted by molar-refractivity contribution is 6.27. The summed E-state index contributed by atoms with van der Waals surface area (Å²) in [6.07, 6.45) is 1.95. The second-order valence-corrected chi connectivity index (χ2v) is 6.81. The Hall–Kier alpha value is -2.41. The van der Waals surface area contributed by atoms with Gasteiger partial charge >= 0.3 is 11.9 Å². The fourth-order valence-electron chi connectivity index (χ4n) is 2.71. The zero-order chi connectivity index (χ0) is 19.7. The van der Waals surface area contributed by atoms with E-state index in [2.05, 4.69) is 41.4 Å². The molecule has 1 heterocycles. The van der Waals surface area contributed by atoms with Gasteiger partial charge in [0.25, 0.3) is 0 Å². The summed E-state index contributed by atoms with van der Waals surface area (Å²) in [6, 6.07) is 8.98. The van der Waals surface area contributed by atoms with Gasteiger partial charge in [-0.05, 0) is 52.3 Å². The van der Waals surface area contributed by atoms with Crippen molar-refractivity contribution in [1.82, 2.24) is 10.2 Å². The summed E-state index contributed by atoms with van der Waals surface area (Å²) in [5, 5.41) is 17.8. The highest BCUT2D eigenvalue weighted by Crippen LogP contribution is 2.19. The van der Waals surface area contributed by atoms with Gasteiger partial charge in [0.15, 0.2) is 0 Å². The van der Waals surface area contributed by atoms with Crippen LogP contribution in [0.3, 0.4) is 0 Å². The lowest BCUT2D eigenvalue weighted by Gasteiger charge is -2.31. The number of aliphatic carboxylic acids is 2. The van der Waals surface area contributed by atoms with Crippen LogP contribution in [-0.2, 0) is 20.9 Å². The summed E-state index contributed by atoms with van der Waals surface area (Å²) in [5.41, 5.74) is 2.67. The van der Waals surface area contributed by atoms with Gasteiger partial charge in [0.1, 0.15) is 0 Å². The Labute approximate surface area is 154 Å². The number of piperidine rings is 1. The lowest BCUT2D eigenvalue weighted by molar-refractivity contribution is -0.159. The molecule has 0 atom stereocenters. The molecule has 0 aliphatic carbocycles. The van der Waals surface area contributed by atoms with Gasteiger partial charge in [-0.3, -0.25) is 9.69 Å². The minimum absolute atomic E-state index is 0.201. The highest BCUT2D eigenvalue weighted by atomic mass is 16.4. The van der Waals surface area contributed by atoms with Crippen molar-refractivity contribution >= 4 is 17.8 Å². The maximum Gasteiger partial charge on any atom is 0.414 e. The van der Waals surface area contributed by atoms with Crippen LogP contribution in [0, 0.1) is 12.8 Å². The molecule has 1 aromatic rings. The van der Waals surface area contributed by atoms with Crippen molar-refractivity contribution in [3.05, 3.63) is 35.4 Å². The van der Waals surface area contributed by atoms with Crippen molar-refractivity contribution in [3.8, 4) is 0 Å². The van der Waals surface area contributed by atoms with Crippen LogP contribution in [0.1, 0.15) is 37.8 Å². The first-order chi connectivity index (χ1) is 12.2. The Morgan fingerprint density at radius 3 is 2.00 bits per heavy atom. The van der Waals surface area contributed by atoms with E-state index < -0.39 is 11.9 Å². The first kappa shape index (κ1) is 21.6. The van der Waals surface area contributed by atoms with Crippen LogP contribution < -0.4 is 5.32 Å². The van der Waals surface area contributed by atoms with Gasteiger partial charge in [-0.2, -0.15) is 0 Å². The van der Waals surface area contributed by atoms with Crippen LogP contribution in [0.2, 0.25) is 0 Å². The molecule has 0 radical (unpaired) electrons. The number of rotatable bonds is 4. The summed E-state index contributed by atoms with van der Waals surface area (Å²) in [4.78, 5) is 32.6. The number of nitrogens with one attached hydrogen (secondary N) is 1. The molecule has 7 nitrogen and oxygen atoms in total. The van der Waals surface area contributed by atoms with Gasteiger partial charge < -0.3 is 15.5 Å². The quantitative estimate of drug-likeness (QED) is 0.704. The van der Waals surface area contributed by atoms with Crippen molar-refractivity contribution in [2.24, 2.45) is 5.92 Å². The number of nitrogens with zero attached hydrogens (tertiary/aromatic N) is 1. The predicted octanol–water partition coefficient (Wildman–Crippen LogP) is 1.89. The van der Waals surface area contributed by atoms with Crippen molar-refractivity contribution in [2.45, 2.75) is 46.2 Å². The minimum atomic E-state index is -1.82. The fourth-order valence-corrected chi connectivity index (χ4v) is 2.71. The largest absolute Gasteiger partial charge is 0.473 e. The predicted molar refractivity (Wildman–Crippen MR) is 97.7 cm³/mol. The van der Waals surface area contributed by atoms with E-state index in [0.29, 0.717) is 0 Å². The molecule has 1 aromatic carbocycles. The Kier molecular flexibility index (Phi) is 8.78. The Bertz CT molecular complexity index is 593. The second-order valence-electron chi connectivity index (χ2n) is 6.81. The minimum Gasteiger partial charge on any atom is -0.473 e. The van der Waals surface area contributed by atoms with Gasteiger partial charge in [-0.25, -0.2) is 9.59 Å². The SMILES string of the molecule is Cc1ccc(CN2CCC(C(=O)NC(C)C)CC2)cc1.O=C(O)C(=O)O. The number of aryl methyl sites for hydroxylation is 1. The van der Waals surface area contributed by atoms with Crippen LogP contribution in [0.15, 0.2) is 24.3 Å². The number of amides is 1. The molecule has 26 heavy (non-hydrogen) atoms. The number of carboxylic acids is 2. The molecule has 1 fully saturated rings. The normalized spacial score (nSPS) is 15.1. The van der Waals surface area contributed by atoms with E-state index in [1.54, 1.807) is 0 Å². The van der Waals surface area contributed by atoms with Gasteiger partial charge in [0.2, 0.25) is 5.91 Å². The smallest absolute Gasteiger partial charge is 0.414 e. The van der Waals surface area contributed by atoms with Crippen molar-refractivity contribution in [2.75, 3.05) is 13.1 Å². The third-order valence-corrected chi connectivity index (χ3v) is 4.10. The third-order valence-electron chi connectivity index (χ3n) is 4.10. The molecule has 0 spiro atoms. The number of hydrogen-bond donors (Lipinski definition) is 3. The van der Waals surface area contributed by atoms with Crippen LogP contribution in [-0.4, -0.2) is 52.1 Å². The molecule has 1 aliphatic rings. The molecule has 144 valence electrons. The summed E-state index contributed by atoms with van der Waals surface area (Å²) in [7, 11) is 0. The topological polar surface area (TPSA) is 107 Å². The molecule has 0 saturated carbocycles. The Morgan fingerprint density at radius 1 is 1.08 bits per heavy atom. The van der Waals surface area contributed by atoms with E-state index in [9.17, 15) is 4.79 Å². The molecule has 1 saturated heterocycles. The van der Waals surface area contributed by atoms with Gasteiger partial charge in [0.05, 0.1) is 0 Å². The molecule has 0 unspecified atom stereocenters. The molecule has 7 heteroatoms. The number of hydrogen-bond acceptors (Lipinski definition) is 4. The van der Waals surface area contributed by atoms with E-state index in [4.69, 9.17) is 19.8 Å². The Morgan fingerprint density at radius 2 is 1.58 bits per heavy atom. The zero-order valence-electron chi connectivity index (χ0n) is 15.6. The third kappa shape index (κ3) is 8.11. The molecule has 0 aromatic heterocycles. The summed E-state index contributed by atoms with van der Waals surface area (Å²) < 4.78 is 0. The lowest BCUT2D eigenvalue weighted by atomic mass is 9.95. The summed E-state index contributed by atoms with van der Waals surface area (Å²) in [5.74, 6) is -3.22. The molecular weight excluding hydrogens is 336 g/mol. The molecule has 1 aliphatic heterocycles. The second kappa shape index (κ2) is 10.6. The molecule has 1 amide bonds. The van der Waals surface area contributed by atoms with Gasteiger partial charge in [0, 0.05) is 18.5 Å². The number of carbonyl (C=O) groups is 3. The number of likely N-dealkylation sites (tertiary alicyclic amines) is 1. The van der Waals surface area contributed by atoms with Crippen LogP contribution in [0.5, 0.6) is 0 Å². The first-order valence-corrected chi connectivity index (χ1v) is 8.73. The van der Waals surface area contributed by atoms with Crippen molar-refractivity contribution < 1.29 is 24.6 Å². The van der Waals surface area contributed by atoms with Crippen LogP contribution in [0.4, 0.5) is 0 Å². The van der Waals surface area contributed by atoms with E-state index in [1.165, 1.54) is 11.1 Å². The molecule has 3 N–H and O–H groups in total. The zero-order valence-corrected chi connectivity index (χ0v) is 15.6. The van der Waals surface area contributed by atoms with Crippen molar-refractivity contribution in [1.29, 1.82) is 0 Å². The number of benzene rings is 1.